The van der Waals surface area contributed by atoms with E-state index >= 15 is 0 Å². The molecule has 1 aromatic rings. The largest absolute Gasteiger partial charge is 0.508 e. The van der Waals surface area contributed by atoms with Crippen LogP contribution in [0.5, 0.6) is 5.75 Å². The average Bonchev–Trinajstić information content (AvgIpc) is 2.64. The lowest BCUT2D eigenvalue weighted by molar-refractivity contribution is 0.267. The van der Waals surface area contributed by atoms with Crippen molar-refractivity contribution in [1.29, 1.82) is 0 Å². The maximum Gasteiger partial charge on any atom is 0.115 e. The van der Waals surface area contributed by atoms with E-state index in [1.54, 1.807) is 6.07 Å². The number of aromatic hydroxyl groups is 1. The molecule has 3 heteroatoms. The lowest BCUT2D eigenvalue weighted by Gasteiger charge is -2.25. The first-order chi connectivity index (χ1) is 8.79. The first-order valence-electron chi connectivity index (χ1n) is 7.01. The highest BCUT2D eigenvalue weighted by Gasteiger charge is 2.16. The number of nitrogens with zero attached hydrogens (tertiary/aromatic N) is 1. The molecule has 1 aromatic carbocycles. The van der Waals surface area contributed by atoms with Crippen molar-refractivity contribution in [3.8, 4) is 5.75 Å². The number of nitrogens with two attached hydrogens (primary N) is 1. The van der Waals surface area contributed by atoms with Crippen molar-refractivity contribution in [3.05, 3.63) is 29.8 Å². The van der Waals surface area contributed by atoms with Gasteiger partial charge in [-0.2, -0.15) is 0 Å². The quantitative estimate of drug-likeness (QED) is 0.859. The maximum absolute atomic E-state index is 9.55. The van der Waals surface area contributed by atoms with Gasteiger partial charge in [-0.15, -0.1) is 0 Å². The van der Waals surface area contributed by atoms with Gasteiger partial charge in [-0.05, 0) is 43.6 Å². The lowest BCUT2D eigenvalue weighted by atomic mass is 9.98. The first-order valence-corrected chi connectivity index (χ1v) is 7.01. The summed E-state index contributed by atoms with van der Waals surface area (Å²) in [5.74, 6) is 0.664. The molecule has 3 nitrogen and oxygen atoms in total. The van der Waals surface area contributed by atoms with Gasteiger partial charge in [0.2, 0.25) is 0 Å². The molecule has 0 radical (unpaired) electrons. The third-order valence-electron chi connectivity index (χ3n) is 3.80. The van der Waals surface area contributed by atoms with Crippen LogP contribution in [0, 0.1) is 0 Å². The van der Waals surface area contributed by atoms with Gasteiger partial charge in [-0.1, -0.05) is 25.0 Å². The number of hydrogen-bond acceptors (Lipinski definition) is 3. The highest BCUT2D eigenvalue weighted by molar-refractivity contribution is 5.30. The summed E-state index contributed by atoms with van der Waals surface area (Å²) in [4.78, 5) is 2.52. The molecule has 1 unspecified atom stereocenters. The Bertz CT molecular complexity index is 359. The summed E-state index contributed by atoms with van der Waals surface area (Å²) >= 11 is 0. The van der Waals surface area contributed by atoms with E-state index in [1.807, 2.05) is 12.1 Å². The van der Waals surface area contributed by atoms with E-state index in [0.717, 1.165) is 12.1 Å². The Morgan fingerprint density at radius 3 is 2.50 bits per heavy atom. The minimum absolute atomic E-state index is 0.329. The molecule has 3 N–H and O–H groups in total. The van der Waals surface area contributed by atoms with Gasteiger partial charge in [0.15, 0.2) is 0 Å². The Hall–Kier alpha value is -1.06. The third kappa shape index (κ3) is 3.72. The second-order valence-electron chi connectivity index (χ2n) is 5.24. The zero-order valence-electron chi connectivity index (χ0n) is 11.0. The van der Waals surface area contributed by atoms with Crippen molar-refractivity contribution < 1.29 is 5.11 Å². The highest BCUT2D eigenvalue weighted by Crippen LogP contribution is 2.21. The van der Waals surface area contributed by atoms with Crippen molar-refractivity contribution in [2.24, 2.45) is 5.73 Å². The normalized spacial score (nSPS) is 19.4. The third-order valence-corrected chi connectivity index (χ3v) is 3.80. The zero-order chi connectivity index (χ0) is 12.8. The van der Waals surface area contributed by atoms with E-state index in [2.05, 4.69) is 11.0 Å². The van der Waals surface area contributed by atoms with Crippen molar-refractivity contribution >= 4 is 0 Å². The van der Waals surface area contributed by atoms with Crippen molar-refractivity contribution in [3.63, 3.8) is 0 Å². The number of phenols is 1. The predicted molar refractivity (Wildman–Crippen MR) is 74.8 cm³/mol. The first kappa shape index (κ1) is 13.4. The molecule has 2 rings (SSSR count). The number of likely N-dealkylation sites (tertiary alicyclic amines) is 1. The predicted octanol–water partition coefficient (Wildman–Crippen LogP) is 2.31. The summed E-state index contributed by atoms with van der Waals surface area (Å²) in [6.07, 6.45) is 5.32. The Labute approximate surface area is 110 Å². The average molecular weight is 248 g/mol. The van der Waals surface area contributed by atoms with Crippen LogP contribution in [0.3, 0.4) is 0 Å². The van der Waals surface area contributed by atoms with Gasteiger partial charge < -0.3 is 15.7 Å². The highest BCUT2D eigenvalue weighted by atomic mass is 16.3. The fraction of sp³-hybridized carbons (Fsp3) is 0.600. The summed E-state index contributed by atoms with van der Waals surface area (Å²) in [6, 6.07) is 7.52. The van der Waals surface area contributed by atoms with Crippen molar-refractivity contribution in [1.82, 2.24) is 4.90 Å². The standard InChI is InChI=1S/C15H24N2O/c16-11-14(13-6-5-7-15(18)10-13)12-17-8-3-1-2-4-9-17/h5-7,10,14,18H,1-4,8-9,11-12,16H2. The minimum Gasteiger partial charge on any atom is -0.508 e. The molecule has 0 aromatic heterocycles. The van der Waals surface area contributed by atoms with Crippen LogP contribution in [-0.2, 0) is 0 Å². The molecule has 0 spiro atoms. The number of benzene rings is 1. The number of hydrogen-bond donors (Lipinski definition) is 2. The Kier molecular flexibility index (Phi) is 5.02. The summed E-state index contributed by atoms with van der Waals surface area (Å²) in [5, 5.41) is 9.55. The summed E-state index contributed by atoms with van der Waals surface area (Å²) in [5.41, 5.74) is 7.06. The molecule has 0 saturated carbocycles. The van der Waals surface area contributed by atoms with Crippen LogP contribution in [-0.4, -0.2) is 36.2 Å². The van der Waals surface area contributed by atoms with Crippen LogP contribution in [0.2, 0.25) is 0 Å². The Morgan fingerprint density at radius 2 is 1.89 bits per heavy atom. The molecule has 0 aliphatic carbocycles. The van der Waals surface area contributed by atoms with Gasteiger partial charge in [0.05, 0.1) is 0 Å². The van der Waals surface area contributed by atoms with Gasteiger partial charge in [-0.3, -0.25) is 0 Å². The van der Waals surface area contributed by atoms with E-state index in [-0.39, 0.29) is 0 Å². The minimum atomic E-state index is 0.329. The number of phenolic OH excluding ortho intramolecular Hbond substituents is 1. The van der Waals surface area contributed by atoms with E-state index in [1.165, 1.54) is 38.8 Å². The van der Waals surface area contributed by atoms with Crippen molar-refractivity contribution in [2.45, 2.75) is 31.6 Å². The maximum atomic E-state index is 9.55. The van der Waals surface area contributed by atoms with Crippen LogP contribution in [0.15, 0.2) is 24.3 Å². The second-order valence-corrected chi connectivity index (χ2v) is 5.24. The van der Waals surface area contributed by atoms with Crippen LogP contribution < -0.4 is 5.73 Å². The fourth-order valence-corrected chi connectivity index (χ4v) is 2.73. The molecule has 1 aliphatic rings. The molecule has 1 fully saturated rings. The molecule has 1 saturated heterocycles. The fourth-order valence-electron chi connectivity index (χ4n) is 2.73. The monoisotopic (exact) mass is 248 g/mol. The molecular formula is C15H24N2O. The smallest absolute Gasteiger partial charge is 0.115 e. The van der Waals surface area contributed by atoms with Gasteiger partial charge >= 0.3 is 0 Å². The molecular weight excluding hydrogens is 224 g/mol. The van der Waals surface area contributed by atoms with Crippen LogP contribution in [0.1, 0.15) is 37.2 Å². The summed E-state index contributed by atoms with van der Waals surface area (Å²) < 4.78 is 0. The van der Waals surface area contributed by atoms with Gasteiger partial charge in [0.1, 0.15) is 5.75 Å². The van der Waals surface area contributed by atoms with Crippen molar-refractivity contribution in [2.75, 3.05) is 26.2 Å². The van der Waals surface area contributed by atoms with Gasteiger partial charge in [-0.25, -0.2) is 0 Å². The molecule has 1 atom stereocenters. The molecule has 0 bridgehead atoms. The van der Waals surface area contributed by atoms with E-state index < -0.39 is 0 Å². The SMILES string of the molecule is NCC(CN1CCCCCC1)c1cccc(O)c1. The zero-order valence-corrected chi connectivity index (χ0v) is 11.0. The second kappa shape index (κ2) is 6.76. The number of rotatable bonds is 4. The van der Waals surface area contributed by atoms with Gasteiger partial charge in [0.25, 0.3) is 0 Å². The van der Waals surface area contributed by atoms with Crippen LogP contribution in [0.4, 0.5) is 0 Å². The molecule has 1 aliphatic heterocycles. The molecule has 0 amide bonds. The summed E-state index contributed by atoms with van der Waals surface area (Å²) in [7, 11) is 0. The van der Waals surface area contributed by atoms with Gasteiger partial charge in [0, 0.05) is 19.0 Å². The topological polar surface area (TPSA) is 49.5 Å². The lowest BCUT2D eigenvalue weighted by Crippen LogP contribution is -2.32. The van der Waals surface area contributed by atoms with E-state index in [4.69, 9.17) is 5.73 Å². The van der Waals surface area contributed by atoms with Crippen LogP contribution >= 0.6 is 0 Å². The Morgan fingerprint density at radius 1 is 1.17 bits per heavy atom. The van der Waals surface area contributed by atoms with E-state index in [0.29, 0.717) is 18.2 Å². The molecule has 18 heavy (non-hydrogen) atoms. The van der Waals surface area contributed by atoms with E-state index in [9.17, 15) is 5.11 Å². The molecule has 100 valence electrons. The Balaban J connectivity index is 1.99. The summed E-state index contributed by atoms with van der Waals surface area (Å²) in [6.45, 7) is 4.03. The molecule has 1 heterocycles. The van der Waals surface area contributed by atoms with Crippen LogP contribution in [0.25, 0.3) is 0 Å².